The third kappa shape index (κ3) is 4.23. The number of aromatic nitrogens is 2. The number of hydrogen-bond acceptors (Lipinski definition) is 4. The zero-order chi connectivity index (χ0) is 15.5. The number of nitrogens with zero attached hydrogens (tertiary/aromatic N) is 2. The van der Waals surface area contributed by atoms with Gasteiger partial charge in [0.15, 0.2) is 11.7 Å². The van der Waals surface area contributed by atoms with E-state index in [4.69, 9.17) is 10.2 Å². The summed E-state index contributed by atoms with van der Waals surface area (Å²) in [6, 6.07) is -0.850. The quantitative estimate of drug-likeness (QED) is 0.701. The van der Waals surface area contributed by atoms with Crippen LogP contribution < -0.4 is 5.32 Å². The van der Waals surface area contributed by atoms with Gasteiger partial charge >= 0.3 is 12.1 Å². The van der Waals surface area contributed by atoms with Gasteiger partial charge in [-0.05, 0) is 13.0 Å². The van der Waals surface area contributed by atoms with E-state index in [0.29, 0.717) is 6.07 Å². The van der Waals surface area contributed by atoms with Crippen molar-refractivity contribution >= 4 is 11.9 Å². The SMILES string of the molecule is CC(O)C(NC(=O)Cn1ccc(C(F)(F)F)n1)C(=O)O. The normalized spacial score (nSPS) is 14.7. The minimum Gasteiger partial charge on any atom is -0.480 e. The summed E-state index contributed by atoms with van der Waals surface area (Å²) >= 11 is 0. The van der Waals surface area contributed by atoms with Crippen molar-refractivity contribution in [3.63, 3.8) is 0 Å². The smallest absolute Gasteiger partial charge is 0.435 e. The first-order chi connectivity index (χ1) is 9.11. The van der Waals surface area contributed by atoms with Gasteiger partial charge in [-0.1, -0.05) is 0 Å². The molecule has 7 nitrogen and oxygen atoms in total. The lowest BCUT2D eigenvalue weighted by Gasteiger charge is -2.16. The topological polar surface area (TPSA) is 104 Å². The molecule has 1 aromatic heterocycles. The van der Waals surface area contributed by atoms with Crippen LogP contribution in [0, 0.1) is 0 Å². The standard InChI is InChI=1S/C10H12F3N3O4/c1-5(17)8(9(19)20)14-7(18)4-16-3-2-6(15-16)10(11,12)13/h2-3,5,8,17H,4H2,1H3,(H,14,18)(H,19,20). The number of carbonyl (C=O) groups excluding carboxylic acids is 1. The van der Waals surface area contributed by atoms with E-state index in [1.54, 1.807) is 0 Å². The summed E-state index contributed by atoms with van der Waals surface area (Å²) in [6.45, 7) is 0.571. The van der Waals surface area contributed by atoms with E-state index in [9.17, 15) is 22.8 Å². The molecule has 2 atom stereocenters. The van der Waals surface area contributed by atoms with Gasteiger partial charge in [-0.3, -0.25) is 9.48 Å². The van der Waals surface area contributed by atoms with Crippen molar-refractivity contribution in [2.45, 2.75) is 31.8 Å². The average molecular weight is 295 g/mol. The molecule has 0 saturated heterocycles. The molecule has 0 fully saturated rings. The van der Waals surface area contributed by atoms with Gasteiger partial charge < -0.3 is 15.5 Å². The summed E-state index contributed by atoms with van der Waals surface area (Å²) in [5, 5.41) is 23.0. The molecule has 1 rings (SSSR count). The van der Waals surface area contributed by atoms with E-state index < -0.39 is 42.4 Å². The van der Waals surface area contributed by atoms with Crippen LogP contribution >= 0.6 is 0 Å². The van der Waals surface area contributed by atoms with Crippen molar-refractivity contribution in [2.24, 2.45) is 0 Å². The highest BCUT2D eigenvalue weighted by Crippen LogP contribution is 2.27. The molecule has 112 valence electrons. The Morgan fingerprint density at radius 2 is 2.10 bits per heavy atom. The highest BCUT2D eigenvalue weighted by molar-refractivity contribution is 5.83. The van der Waals surface area contributed by atoms with Crippen LogP contribution in [-0.4, -0.2) is 44.0 Å². The first-order valence-electron chi connectivity index (χ1n) is 5.42. The molecule has 20 heavy (non-hydrogen) atoms. The second-order valence-corrected chi connectivity index (χ2v) is 4.02. The number of alkyl halides is 3. The fraction of sp³-hybridized carbons (Fsp3) is 0.500. The molecule has 0 bridgehead atoms. The number of carboxylic acid groups (broad SMARTS) is 1. The van der Waals surface area contributed by atoms with Crippen molar-refractivity contribution in [3.05, 3.63) is 18.0 Å². The maximum Gasteiger partial charge on any atom is 0.435 e. The van der Waals surface area contributed by atoms with Gasteiger partial charge in [0.2, 0.25) is 5.91 Å². The molecule has 0 aliphatic carbocycles. The minimum absolute atomic E-state index is 0.591. The van der Waals surface area contributed by atoms with E-state index in [1.165, 1.54) is 0 Å². The number of hydrogen-bond donors (Lipinski definition) is 3. The average Bonchev–Trinajstić information content (AvgIpc) is 2.73. The highest BCUT2D eigenvalue weighted by Gasteiger charge is 2.33. The van der Waals surface area contributed by atoms with Gasteiger partial charge in [-0.2, -0.15) is 18.3 Å². The predicted molar refractivity (Wildman–Crippen MR) is 58.5 cm³/mol. The van der Waals surface area contributed by atoms with Gasteiger partial charge in [-0.15, -0.1) is 0 Å². The Morgan fingerprint density at radius 3 is 2.50 bits per heavy atom. The Bertz CT molecular complexity index is 498. The Morgan fingerprint density at radius 1 is 1.50 bits per heavy atom. The molecule has 3 N–H and O–H groups in total. The molecule has 1 amide bonds. The third-order valence-corrected chi connectivity index (χ3v) is 2.30. The Labute approximate surface area is 111 Å². The number of halogens is 3. The van der Waals surface area contributed by atoms with Crippen molar-refractivity contribution in [2.75, 3.05) is 0 Å². The number of amides is 1. The Balaban J connectivity index is 2.67. The largest absolute Gasteiger partial charge is 0.480 e. The number of aliphatic carboxylic acids is 1. The second kappa shape index (κ2) is 5.90. The first kappa shape index (κ1) is 16.0. The van der Waals surface area contributed by atoms with E-state index >= 15 is 0 Å². The fourth-order valence-corrected chi connectivity index (χ4v) is 1.36. The number of aliphatic hydroxyl groups is 1. The van der Waals surface area contributed by atoms with Gasteiger partial charge in [0.05, 0.1) is 6.10 Å². The highest BCUT2D eigenvalue weighted by atomic mass is 19.4. The second-order valence-electron chi connectivity index (χ2n) is 4.02. The fourth-order valence-electron chi connectivity index (χ4n) is 1.36. The van der Waals surface area contributed by atoms with E-state index in [1.807, 2.05) is 5.32 Å². The molecule has 1 aromatic rings. The summed E-state index contributed by atoms with van der Waals surface area (Å²) in [5.74, 6) is -2.33. The van der Waals surface area contributed by atoms with Crippen LogP contribution in [0.3, 0.4) is 0 Å². The molecule has 0 aliphatic rings. The molecular formula is C10H12F3N3O4. The third-order valence-electron chi connectivity index (χ3n) is 2.30. The van der Waals surface area contributed by atoms with E-state index in [0.717, 1.165) is 17.8 Å². The molecule has 0 saturated carbocycles. The first-order valence-corrected chi connectivity index (χ1v) is 5.42. The molecule has 0 aromatic carbocycles. The van der Waals surface area contributed by atoms with Crippen LogP contribution in [-0.2, 0) is 22.3 Å². The van der Waals surface area contributed by atoms with Crippen LogP contribution in [0.5, 0.6) is 0 Å². The molecule has 0 radical (unpaired) electrons. The number of rotatable bonds is 5. The summed E-state index contributed by atoms with van der Waals surface area (Å²) in [4.78, 5) is 22.2. The lowest BCUT2D eigenvalue weighted by atomic mass is 10.2. The Hall–Kier alpha value is -2.10. The van der Waals surface area contributed by atoms with E-state index in [-0.39, 0.29) is 0 Å². The number of aliphatic hydroxyl groups excluding tert-OH is 1. The number of nitrogens with one attached hydrogen (secondary N) is 1. The van der Waals surface area contributed by atoms with Gasteiger partial charge in [-0.25, -0.2) is 4.79 Å². The van der Waals surface area contributed by atoms with Crippen molar-refractivity contribution in [1.82, 2.24) is 15.1 Å². The molecule has 2 unspecified atom stereocenters. The minimum atomic E-state index is -4.62. The zero-order valence-electron chi connectivity index (χ0n) is 10.3. The maximum atomic E-state index is 12.3. The molecule has 0 spiro atoms. The van der Waals surface area contributed by atoms with Crippen molar-refractivity contribution in [3.8, 4) is 0 Å². The van der Waals surface area contributed by atoms with Crippen LogP contribution in [0.1, 0.15) is 12.6 Å². The summed E-state index contributed by atoms with van der Waals surface area (Å²) in [7, 11) is 0. The molecular weight excluding hydrogens is 283 g/mol. The molecule has 10 heteroatoms. The monoisotopic (exact) mass is 295 g/mol. The lowest BCUT2D eigenvalue weighted by Crippen LogP contribution is -2.48. The number of carboxylic acids is 1. The van der Waals surface area contributed by atoms with Gasteiger partial charge in [0.25, 0.3) is 0 Å². The van der Waals surface area contributed by atoms with Crippen molar-refractivity contribution < 1.29 is 33.0 Å². The van der Waals surface area contributed by atoms with Crippen molar-refractivity contribution in [1.29, 1.82) is 0 Å². The molecule has 0 aliphatic heterocycles. The maximum absolute atomic E-state index is 12.3. The summed E-state index contributed by atoms with van der Waals surface area (Å²) in [6.07, 6.45) is -5.02. The summed E-state index contributed by atoms with van der Waals surface area (Å²) in [5.41, 5.74) is -1.16. The summed E-state index contributed by atoms with van der Waals surface area (Å²) < 4.78 is 37.5. The molecule has 1 heterocycles. The van der Waals surface area contributed by atoms with Crippen LogP contribution in [0.15, 0.2) is 12.3 Å². The van der Waals surface area contributed by atoms with E-state index in [2.05, 4.69) is 5.10 Å². The lowest BCUT2D eigenvalue weighted by molar-refractivity contribution is -0.144. The van der Waals surface area contributed by atoms with Crippen LogP contribution in [0.2, 0.25) is 0 Å². The van der Waals surface area contributed by atoms with Gasteiger partial charge in [0.1, 0.15) is 6.54 Å². The number of carbonyl (C=O) groups is 2. The zero-order valence-corrected chi connectivity index (χ0v) is 10.3. The predicted octanol–water partition coefficient (Wildman–Crippen LogP) is -0.148. The van der Waals surface area contributed by atoms with Crippen LogP contribution in [0.25, 0.3) is 0 Å². The Kier molecular flexibility index (Phi) is 4.71. The van der Waals surface area contributed by atoms with Gasteiger partial charge in [0, 0.05) is 6.20 Å². The van der Waals surface area contributed by atoms with Crippen LogP contribution in [0.4, 0.5) is 13.2 Å².